The van der Waals surface area contributed by atoms with Crippen LogP contribution in [-0.2, 0) is 0 Å². The third-order valence-corrected chi connectivity index (χ3v) is 0.957. The van der Waals surface area contributed by atoms with Gasteiger partial charge < -0.3 is 0 Å². The molecule has 0 amide bonds. The molecule has 0 bridgehead atoms. The van der Waals surface area contributed by atoms with E-state index in [0.29, 0.717) is 0 Å². The van der Waals surface area contributed by atoms with E-state index in [9.17, 15) is 0 Å². The third kappa shape index (κ3) is 36.3. The van der Waals surface area contributed by atoms with Crippen molar-refractivity contribution >= 4 is 45.6 Å². The average Bonchev–Trinajstić information content (AvgIpc) is 1.61. The summed E-state index contributed by atoms with van der Waals surface area (Å²) in [5.74, 6) is 0. The fourth-order valence-corrected chi connectivity index (χ4v) is 0.500. The predicted molar refractivity (Wildman–Crippen MR) is 57.3 cm³/mol. The Bertz CT molecular complexity index is 25.0. The van der Waals surface area contributed by atoms with Crippen molar-refractivity contribution < 1.29 is 0 Å². The molecule has 0 rings (SSSR count). The molecule has 0 spiro atoms. The van der Waals surface area contributed by atoms with Crippen LogP contribution in [0.25, 0.3) is 0 Å². The Morgan fingerprint density at radius 3 is 1.00 bits per heavy atom. The van der Waals surface area contributed by atoms with Crippen LogP contribution >= 0.6 is 37.2 Å². The number of halogens is 3. The highest BCUT2D eigenvalue weighted by Gasteiger charge is 1.75. The summed E-state index contributed by atoms with van der Waals surface area (Å²) in [6.07, 6.45) is 5.54. The first-order valence-corrected chi connectivity index (χ1v) is 2.91. The molecule has 10 heavy (non-hydrogen) atoms. The predicted octanol–water partition coefficient (Wildman–Crippen LogP) is 3.47. The monoisotopic (exact) mass is 205 g/mol. The molecule has 4 heteroatoms. The fourth-order valence-electron chi connectivity index (χ4n) is 0.500. The van der Waals surface area contributed by atoms with Crippen LogP contribution in [0.5, 0.6) is 0 Å². The zero-order chi connectivity index (χ0) is 4.83. The van der Waals surface area contributed by atoms with Gasteiger partial charge in [0.05, 0.1) is 0 Å². The Balaban J connectivity index is -0.0000000208. The summed E-state index contributed by atoms with van der Waals surface area (Å²) in [4.78, 5) is 0. The molecule has 0 aliphatic carbocycles. The Morgan fingerprint density at radius 2 is 0.900 bits per heavy atom. The minimum atomic E-state index is 0. The van der Waals surface area contributed by atoms with Crippen LogP contribution in [0.15, 0.2) is 0 Å². The Labute approximate surface area is 85.3 Å². The number of hydrogen-bond acceptors (Lipinski definition) is 0. The van der Waals surface area contributed by atoms with E-state index in [1.165, 1.54) is 25.7 Å². The maximum Gasteiger partial charge on any atom is 0 e. The molecule has 3 radical (unpaired) electrons. The van der Waals surface area contributed by atoms with Crippen LogP contribution in [-0.4, -0.2) is 8.41 Å². The van der Waals surface area contributed by atoms with Gasteiger partial charge in [-0.3, -0.25) is 0 Å². The van der Waals surface area contributed by atoms with Crippen LogP contribution in [0.4, 0.5) is 0 Å². The van der Waals surface area contributed by atoms with Gasteiger partial charge in [0.15, 0.2) is 0 Å². The summed E-state index contributed by atoms with van der Waals surface area (Å²) in [6, 6.07) is 0. The normalized spacial score (nSPS) is 5.40. The highest BCUT2D eigenvalue weighted by Crippen LogP contribution is 1.95. The lowest BCUT2D eigenvalue weighted by atomic mass is 10.2. The highest BCUT2D eigenvalue weighted by molar-refractivity contribution is 5.86. The summed E-state index contributed by atoms with van der Waals surface area (Å²) >= 11 is 0. The van der Waals surface area contributed by atoms with Crippen molar-refractivity contribution in [1.29, 1.82) is 0 Å². The molecule has 0 aliphatic heterocycles. The maximum atomic E-state index is 2.23. The van der Waals surface area contributed by atoms with Gasteiger partial charge in [-0.15, -0.1) is 37.2 Å². The van der Waals surface area contributed by atoms with Crippen molar-refractivity contribution in [2.24, 2.45) is 0 Å². The van der Waals surface area contributed by atoms with Gasteiger partial charge in [-0.1, -0.05) is 39.5 Å². The number of rotatable bonds is 3. The lowest BCUT2D eigenvalue weighted by molar-refractivity contribution is 0.702. The summed E-state index contributed by atoms with van der Waals surface area (Å²) in [7, 11) is 0. The molecule has 0 fully saturated rings. The Hall–Kier alpha value is 0.935. The highest BCUT2D eigenvalue weighted by atomic mass is 35.5. The lowest BCUT2D eigenvalue weighted by Gasteiger charge is -1.86. The minimum Gasteiger partial charge on any atom is -0.147 e. The van der Waals surface area contributed by atoms with Gasteiger partial charge >= 0.3 is 0 Å². The topological polar surface area (TPSA) is 0 Å². The minimum absolute atomic E-state index is 0. The molecule has 0 saturated heterocycles. The maximum absolute atomic E-state index is 2.23. The van der Waals surface area contributed by atoms with Crippen LogP contribution in [0.2, 0.25) is 0 Å². The molecule has 65 valence electrons. The third-order valence-electron chi connectivity index (χ3n) is 0.957. The molecular formula is C6H17BCl3. The van der Waals surface area contributed by atoms with E-state index in [0.717, 1.165) is 0 Å². The van der Waals surface area contributed by atoms with E-state index in [1.807, 2.05) is 0 Å². The molecule has 0 aromatic rings. The van der Waals surface area contributed by atoms with E-state index in [4.69, 9.17) is 0 Å². The molecule has 0 heterocycles. The van der Waals surface area contributed by atoms with Crippen molar-refractivity contribution in [2.75, 3.05) is 0 Å². The largest absolute Gasteiger partial charge is 0.147 e. The summed E-state index contributed by atoms with van der Waals surface area (Å²) in [5, 5.41) is 0. The molecule has 0 unspecified atom stereocenters. The van der Waals surface area contributed by atoms with Crippen molar-refractivity contribution in [1.82, 2.24) is 0 Å². The van der Waals surface area contributed by atoms with E-state index < -0.39 is 0 Å². The zero-order valence-corrected chi connectivity index (χ0v) is 9.08. The van der Waals surface area contributed by atoms with Crippen molar-refractivity contribution in [2.45, 2.75) is 39.5 Å². The lowest BCUT2D eigenvalue weighted by Crippen LogP contribution is -1.66. The van der Waals surface area contributed by atoms with Crippen molar-refractivity contribution in [3.63, 3.8) is 0 Å². The molecule has 0 saturated carbocycles. The van der Waals surface area contributed by atoms with E-state index >= 15 is 0 Å². The standard InChI is InChI=1S/C6H14.B.3ClH/c1-3-5-6-4-2;;;;/h3-6H2,1-2H3;;3*1H. The van der Waals surface area contributed by atoms with Crippen molar-refractivity contribution in [3.8, 4) is 0 Å². The Kier molecular flexibility index (Phi) is 99.8. The Morgan fingerprint density at radius 1 is 0.700 bits per heavy atom. The van der Waals surface area contributed by atoms with Gasteiger partial charge in [0.2, 0.25) is 0 Å². The smallest absolute Gasteiger partial charge is 0 e. The molecule has 0 N–H and O–H groups in total. The van der Waals surface area contributed by atoms with Gasteiger partial charge in [0.1, 0.15) is 0 Å². The molecule has 0 aliphatic rings. The van der Waals surface area contributed by atoms with Gasteiger partial charge in [-0.05, 0) is 0 Å². The first-order valence-electron chi connectivity index (χ1n) is 2.91. The first kappa shape index (κ1) is 30.6. The van der Waals surface area contributed by atoms with Crippen LogP contribution in [0.1, 0.15) is 39.5 Å². The molecule has 0 aromatic carbocycles. The summed E-state index contributed by atoms with van der Waals surface area (Å²) < 4.78 is 0. The zero-order valence-electron chi connectivity index (χ0n) is 6.63. The second-order valence-electron chi connectivity index (χ2n) is 1.71. The van der Waals surface area contributed by atoms with Gasteiger partial charge in [0, 0.05) is 8.41 Å². The molecular weight excluding hydrogens is 189 g/mol. The summed E-state index contributed by atoms with van der Waals surface area (Å²) in [6.45, 7) is 4.46. The average molecular weight is 206 g/mol. The SMILES string of the molecule is CCCCCC.Cl.Cl.Cl.[B]. The van der Waals surface area contributed by atoms with Crippen LogP contribution in [0.3, 0.4) is 0 Å². The molecule has 0 nitrogen and oxygen atoms in total. The quantitative estimate of drug-likeness (QED) is 0.490. The van der Waals surface area contributed by atoms with Crippen molar-refractivity contribution in [3.05, 3.63) is 0 Å². The fraction of sp³-hybridized carbons (Fsp3) is 1.00. The number of unbranched alkanes of at least 4 members (excludes halogenated alkanes) is 3. The van der Waals surface area contributed by atoms with Crippen LogP contribution < -0.4 is 0 Å². The molecule has 0 aromatic heterocycles. The van der Waals surface area contributed by atoms with Gasteiger partial charge in [-0.25, -0.2) is 0 Å². The van der Waals surface area contributed by atoms with E-state index in [2.05, 4.69) is 13.8 Å². The first-order chi connectivity index (χ1) is 2.91. The van der Waals surface area contributed by atoms with Gasteiger partial charge in [-0.2, -0.15) is 0 Å². The second kappa shape index (κ2) is 32.6. The van der Waals surface area contributed by atoms with Crippen LogP contribution in [0, 0.1) is 0 Å². The molecule has 0 atom stereocenters. The summed E-state index contributed by atoms with van der Waals surface area (Å²) in [5.41, 5.74) is 0. The number of hydrogen-bond donors (Lipinski definition) is 0. The van der Waals surface area contributed by atoms with E-state index in [1.54, 1.807) is 0 Å². The van der Waals surface area contributed by atoms with E-state index in [-0.39, 0.29) is 45.6 Å². The van der Waals surface area contributed by atoms with Gasteiger partial charge in [0.25, 0.3) is 0 Å². The second-order valence-corrected chi connectivity index (χ2v) is 1.71.